The second-order valence-electron chi connectivity index (χ2n) is 8.89. The van der Waals surface area contributed by atoms with Gasteiger partial charge in [-0.1, -0.05) is 19.3 Å². The highest BCUT2D eigenvalue weighted by molar-refractivity contribution is 7.91. The minimum absolute atomic E-state index is 0.0826. The Morgan fingerprint density at radius 1 is 0.967 bits per heavy atom. The first-order valence-electron chi connectivity index (χ1n) is 11.2. The Balaban J connectivity index is 1.37. The second kappa shape index (κ2) is 9.22. The van der Waals surface area contributed by atoms with Crippen molar-refractivity contribution in [3.05, 3.63) is 30.1 Å². The van der Waals surface area contributed by atoms with Gasteiger partial charge in [0, 0.05) is 44.0 Å². The molecule has 1 aromatic carbocycles. The number of halogens is 1. The van der Waals surface area contributed by atoms with Gasteiger partial charge >= 0.3 is 0 Å². The number of piperazine rings is 1. The van der Waals surface area contributed by atoms with Crippen LogP contribution in [0.25, 0.3) is 0 Å². The van der Waals surface area contributed by atoms with Crippen LogP contribution in [0.5, 0.6) is 0 Å². The molecule has 0 N–H and O–H groups in total. The average Bonchev–Trinajstić information content (AvgIpc) is 3.09. The van der Waals surface area contributed by atoms with Crippen molar-refractivity contribution in [3.63, 3.8) is 0 Å². The van der Waals surface area contributed by atoms with Crippen molar-refractivity contribution < 1.29 is 17.6 Å². The molecular weight excluding hydrogens is 405 g/mol. The van der Waals surface area contributed by atoms with Crippen molar-refractivity contribution in [1.29, 1.82) is 0 Å². The first-order valence-corrected chi connectivity index (χ1v) is 13.0. The van der Waals surface area contributed by atoms with E-state index in [2.05, 4.69) is 9.80 Å². The molecule has 30 heavy (non-hydrogen) atoms. The fourth-order valence-corrected chi connectivity index (χ4v) is 6.86. The van der Waals surface area contributed by atoms with Gasteiger partial charge in [0.05, 0.1) is 18.1 Å². The third-order valence-corrected chi connectivity index (χ3v) is 8.53. The summed E-state index contributed by atoms with van der Waals surface area (Å²) in [7, 11) is -3.03. The van der Waals surface area contributed by atoms with Gasteiger partial charge in [-0.2, -0.15) is 0 Å². The molecule has 0 spiro atoms. The van der Waals surface area contributed by atoms with Gasteiger partial charge in [-0.25, -0.2) is 12.8 Å². The normalized spacial score (nSPS) is 25.4. The molecule has 4 rings (SSSR count). The van der Waals surface area contributed by atoms with E-state index in [-0.39, 0.29) is 35.3 Å². The Kier molecular flexibility index (Phi) is 6.63. The lowest BCUT2D eigenvalue weighted by atomic mass is 9.92. The molecule has 1 amide bonds. The van der Waals surface area contributed by atoms with Crippen LogP contribution in [0, 0.1) is 5.82 Å². The van der Waals surface area contributed by atoms with Crippen LogP contribution in [0.4, 0.5) is 10.1 Å². The zero-order valence-electron chi connectivity index (χ0n) is 17.5. The highest BCUT2D eigenvalue weighted by Gasteiger charge is 2.39. The molecule has 0 aromatic heterocycles. The number of sulfone groups is 1. The van der Waals surface area contributed by atoms with Gasteiger partial charge < -0.3 is 9.80 Å². The van der Waals surface area contributed by atoms with Gasteiger partial charge in [-0.3, -0.25) is 9.69 Å². The molecular formula is C22H32FN3O3S. The zero-order chi connectivity index (χ0) is 21.1. The van der Waals surface area contributed by atoms with Crippen molar-refractivity contribution in [2.75, 3.05) is 49.1 Å². The van der Waals surface area contributed by atoms with E-state index in [1.165, 1.54) is 18.6 Å². The van der Waals surface area contributed by atoms with E-state index in [0.29, 0.717) is 13.0 Å². The molecule has 2 aliphatic heterocycles. The van der Waals surface area contributed by atoms with Gasteiger partial charge in [0.2, 0.25) is 5.91 Å². The van der Waals surface area contributed by atoms with Gasteiger partial charge in [0.1, 0.15) is 5.82 Å². The van der Waals surface area contributed by atoms with Crippen LogP contribution in [0.1, 0.15) is 38.5 Å². The summed E-state index contributed by atoms with van der Waals surface area (Å²) in [6.07, 6.45) is 5.98. The maximum Gasteiger partial charge on any atom is 0.237 e. The number of rotatable bonds is 5. The van der Waals surface area contributed by atoms with Gasteiger partial charge in [0.25, 0.3) is 0 Å². The molecule has 8 heteroatoms. The summed E-state index contributed by atoms with van der Waals surface area (Å²) < 4.78 is 37.3. The Morgan fingerprint density at radius 3 is 2.23 bits per heavy atom. The lowest BCUT2D eigenvalue weighted by Crippen LogP contribution is -2.54. The summed E-state index contributed by atoms with van der Waals surface area (Å²) in [6.45, 7) is 3.47. The third kappa shape index (κ3) is 5.14. The van der Waals surface area contributed by atoms with Crippen LogP contribution in [0.2, 0.25) is 0 Å². The summed E-state index contributed by atoms with van der Waals surface area (Å²) in [6, 6.07) is 6.56. The Labute approximate surface area is 178 Å². The molecule has 3 fully saturated rings. The molecule has 6 nitrogen and oxygen atoms in total. The van der Waals surface area contributed by atoms with E-state index in [1.54, 1.807) is 12.1 Å². The monoisotopic (exact) mass is 437 g/mol. The topological polar surface area (TPSA) is 60.9 Å². The van der Waals surface area contributed by atoms with Gasteiger partial charge in [0.15, 0.2) is 9.84 Å². The zero-order valence-corrected chi connectivity index (χ0v) is 18.3. The van der Waals surface area contributed by atoms with Crippen LogP contribution in [-0.4, -0.2) is 80.4 Å². The quantitative estimate of drug-likeness (QED) is 0.707. The number of amides is 1. The molecule has 3 aliphatic rings. The largest absolute Gasteiger partial charge is 0.369 e. The second-order valence-corrected chi connectivity index (χ2v) is 11.1. The van der Waals surface area contributed by atoms with Crippen LogP contribution >= 0.6 is 0 Å². The van der Waals surface area contributed by atoms with E-state index in [0.717, 1.165) is 57.5 Å². The summed E-state index contributed by atoms with van der Waals surface area (Å²) in [5, 5.41) is 0. The van der Waals surface area contributed by atoms with Crippen LogP contribution < -0.4 is 4.90 Å². The molecule has 1 aromatic rings. The van der Waals surface area contributed by atoms with E-state index < -0.39 is 9.84 Å². The maximum atomic E-state index is 13.3. The number of nitrogens with zero attached hydrogens (tertiary/aromatic N) is 3. The first kappa shape index (κ1) is 21.6. The Hall–Kier alpha value is -1.67. The maximum absolute atomic E-state index is 13.3. The predicted octanol–water partition coefficient (Wildman–Crippen LogP) is 2.30. The number of carbonyl (C=O) groups excluding carboxylic acids is 1. The van der Waals surface area contributed by atoms with E-state index in [4.69, 9.17) is 0 Å². The molecule has 2 saturated heterocycles. The molecule has 2 heterocycles. The van der Waals surface area contributed by atoms with Crippen molar-refractivity contribution in [2.24, 2.45) is 0 Å². The van der Waals surface area contributed by atoms with E-state index in [1.807, 2.05) is 4.90 Å². The number of carbonyl (C=O) groups is 1. The lowest BCUT2D eigenvalue weighted by Gasteiger charge is -2.41. The SMILES string of the molecule is O=C(CN1CCN(c2ccc(F)cc2)CC1)N(C1CCCCC1)[C@@H]1CCS(=O)(=O)C1. The van der Waals surface area contributed by atoms with Crippen molar-refractivity contribution in [1.82, 2.24) is 9.80 Å². The number of benzene rings is 1. The average molecular weight is 438 g/mol. The molecule has 166 valence electrons. The van der Waals surface area contributed by atoms with Crippen LogP contribution in [-0.2, 0) is 14.6 Å². The summed E-state index contributed by atoms with van der Waals surface area (Å²) in [5.41, 5.74) is 1.00. The summed E-state index contributed by atoms with van der Waals surface area (Å²) >= 11 is 0. The highest BCUT2D eigenvalue weighted by atomic mass is 32.2. The Bertz CT molecular complexity index is 832. The van der Waals surface area contributed by atoms with Crippen molar-refractivity contribution in [2.45, 2.75) is 50.6 Å². The van der Waals surface area contributed by atoms with Crippen LogP contribution in [0.15, 0.2) is 24.3 Å². The minimum Gasteiger partial charge on any atom is -0.369 e. The fraction of sp³-hybridized carbons (Fsp3) is 0.682. The standard InChI is InChI=1S/C22H32FN3O3S/c23-18-6-8-19(9-7-18)25-13-11-24(12-14-25)16-22(27)26(20-4-2-1-3-5-20)21-10-15-30(28,29)17-21/h6-9,20-21H,1-5,10-17H2/t21-/m1/s1. The van der Waals surface area contributed by atoms with Crippen molar-refractivity contribution >= 4 is 21.4 Å². The summed E-state index contributed by atoms with van der Waals surface area (Å²) in [5.74, 6) is 0.164. The smallest absolute Gasteiger partial charge is 0.237 e. The molecule has 0 radical (unpaired) electrons. The minimum atomic E-state index is -3.03. The molecule has 0 bridgehead atoms. The molecule has 1 saturated carbocycles. The van der Waals surface area contributed by atoms with Crippen molar-refractivity contribution in [3.8, 4) is 0 Å². The highest BCUT2D eigenvalue weighted by Crippen LogP contribution is 2.28. The summed E-state index contributed by atoms with van der Waals surface area (Å²) in [4.78, 5) is 19.7. The molecule has 1 aliphatic carbocycles. The number of anilines is 1. The number of hydrogen-bond donors (Lipinski definition) is 0. The fourth-order valence-electron chi connectivity index (χ4n) is 5.15. The molecule has 0 unspecified atom stereocenters. The van der Waals surface area contributed by atoms with E-state index in [9.17, 15) is 17.6 Å². The van der Waals surface area contributed by atoms with Crippen LogP contribution in [0.3, 0.4) is 0 Å². The van der Waals surface area contributed by atoms with Gasteiger partial charge in [-0.05, 0) is 43.5 Å². The lowest BCUT2D eigenvalue weighted by molar-refractivity contribution is -0.137. The Morgan fingerprint density at radius 2 is 1.63 bits per heavy atom. The predicted molar refractivity (Wildman–Crippen MR) is 116 cm³/mol. The number of hydrogen-bond acceptors (Lipinski definition) is 5. The van der Waals surface area contributed by atoms with E-state index >= 15 is 0 Å². The van der Waals surface area contributed by atoms with Gasteiger partial charge in [-0.15, -0.1) is 0 Å². The molecule has 1 atom stereocenters. The first-order chi connectivity index (χ1) is 14.4. The third-order valence-electron chi connectivity index (χ3n) is 6.78.